The molecule has 0 atom stereocenters. The molecule has 9 nitrogen and oxygen atoms in total. The summed E-state index contributed by atoms with van der Waals surface area (Å²) in [5.74, 6) is -0.929. The Labute approximate surface area is 152 Å². The van der Waals surface area contributed by atoms with Crippen LogP contribution in [0.3, 0.4) is 0 Å². The summed E-state index contributed by atoms with van der Waals surface area (Å²) < 4.78 is 27.8. The Morgan fingerprint density at radius 3 is 2.42 bits per heavy atom. The fourth-order valence-corrected chi connectivity index (χ4v) is 4.57. The number of carbonyl (C=O) groups is 1. The van der Waals surface area contributed by atoms with Gasteiger partial charge in [0, 0.05) is 18.2 Å². The molecule has 26 heavy (non-hydrogen) atoms. The van der Waals surface area contributed by atoms with E-state index in [0.29, 0.717) is 30.5 Å². The lowest BCUT2D eigenvalue weighted by Gasteiger charge is -2.42. The molecular formula is C16H23N3O6S. The van der Waals surface area contributed by atoms with Crippen LogP contribution < -0.4 is 4.72 Å². The van der Waals surface area contributed by atoms with Crippen LogP contribution in [0.15, 0.2) is 17.0 Å². The highest BCUT2D eigenvalue weighted by Gasteiger charge is 2.38. The normalized spacial score (nSPS) is 20.0. The Kier molecular flexibility index (Phi) is 5.99. The van der Waals surface area contributed by atoms with Crippen molar-refractivity contribution in [2.75, 3.05) is 13.1 Å². The average molecular weight is 385 g/mol. The molecule has 0 saturated heterocycles. The molecule has 10 heteroatoms. The number of carboxylic acids is 1. The Hall–Kier alpha value is -2.04. The molecule has 0 unspecified atom stereocenters. The van der Waals surface area contributed by atoms with Crippen LogP contribution in [0.4, 0.5) is 5.69 Å². The van der Waals surface area contributed by atoms with E-state index in [1.54, 1.807) is 18.7 Å². The lowest BCUT2D eigenvalue weighted by Crippen LogP contribution is -2.54. The molecule has 1 aromatic rings. The second kappa shape index (κ2) is 7.68. The van der Waals surface area contributed by atoms with Gasteiger partial charge in [0.15, 0.2) is 4.90 Å². The molecular weight excluding hydrogens is 362 g/mol. The Morgan fingerprint density at radius 1 is 1.35 bits per heavy atom. The lowest BCUT2D eigenvalue weighted by molar-refractivity contribution is -0.387. The number of nitrogens with zero attached hydrogens (tertiary/aromatic N) is 2. The van der Waals surface area contributed by atoms with Gasteiger partial charge in [-0.3, -0.25) is 19.8 Å². The largest absolute Gasteiger partial charge is 0.480 e. The van der Waals surface area contributed by atoms with Gasteiger partial charge >= 0.3 is 5.97 Å². The van der Waals surface area contributed by atoms with Crippen molar-refractivity contribution in [3.8, 4) is 0 Å². The number of carboxylic acid groups (broad SMARTS) is 1. The van der Waals surface area contributed by atoms with Crippen LogP contribution in [0.25, 0.3) is 0 Å². The molecule has 144 valence electrons. The van der Waals surface area contributed by atoms with Crippen LogP contribution in [-0.4, -0.2) is 54.5 Å². The average Bonchev–Trinajstić information content (AvgIpc) is 2.50. The molecule has 1 fully saturated rings. The second-order valence-corrected chi connectivity index (χ2v) is 8.24. The van der Waals surface area contributed by atoms with Crippen LogP contribution in [0, 0.1) is 24.0 Å². The number of aliphatic carboxylic acids is 1. The molecule has 0 radical (unpaired) electrons. The monoisotopic (exact) mass is 385 g/mol. The third-order valence-corrected chi connectivity index (χ3v) is 6.31. The molecule has 0 bridgehead atoms. The number of likely N-dealkylation sites (N-methyl/N-ethyl adjacent to an activating group) is 1. The summed E-state index contributed by atoms with van der Waals surface area (Å²) in [5.41, 5.74) is 0.852. The zero-order chi connectivity index (χ0) is 19.6. The third-order valence-electron chi connectivity index (χ3n) is 4.76. The number of nitro groups is 1. The first-order valence-corrected chi connectivity index (χ1v) is 9.77. The fourth-order valence-electron chi connectivity index (χ4n) is 3.07. The standard InChI is InChI=1S/C16H23N3O6S/c1-4-18(9-16(20)21)13-7-12(8-13)17-26(24,25)15-6-11(3)10(2)5-14(15)19(22)23/h5-6,12-13,17H,4,7-9H2,1-3H3,(H,20,21). The van der Waals surface area contributed by atoms with Gasteiger partial charge in [-0.1, -0.05) is 6.92 Å². The topological polar surface area (TPSA) is 130 Å². The van der Waals surface area contributed by atoms with E-state index in [9.17, 15) is 23.3 Å². The smallest absolute Gasteiger partial charge is 0.317 e. The molecule has 1 aromatic carbocycles. The van der Waals surface area contributed by atoms with Gasteiger partial charge in [-0.25, -0.2) is 13.1 Å². The van der Waals surface area contributed by atoms with Crippen LogP contribution in [-0.2, 0) is 14.8 Å². The number of nitro benzene ring substituents is 1. The predicted molar refractivity (Wildman–Crippen MR) is 94.6 cm³/mol. The Bertz CT molecular complexity index is 818. The molecule has 1 aliphatic carbocycles. The van der Waals surface area contributed by atoms with Gasteiger partial charge in [0.2, 0.25) is 10.0 Å². The van der Waals surface area contributed by atoms with Crippen molar-refractivity contribution in [2.45, 2.75) is 50.6 Å². The van der Waals surface area contributed by atoms with E-state index in [1.807, 2.05) is 6.92 Å². The van der Waals surface area contributed by atoms with Crippen LogP contribution in [0.1, 0.15) is 30.9 Å². The first-order valence-electron chi connectivity index (χ1n) is 8.29. The summed E-state index contributed by atoms with van der Waals surface area (Å²) in [6.07, 6.45) is 0.942. The van der Waals surface area contributed by atoms with E-state index in [4.69, 9.17) is 5.11 Å². The van der Waals surface area contributed by atoms with Gasteiger partial charge in [0.25, 0.3) is 5.69 Å². The number of hydrogen-bond donors (Lipinski definition) is 2. The summed E-state index contributed by atoms with van der Waals surface area (Å²) in [6, 6.07) is 2.20. The van der Waals surface area contributed by atoms with E-state index < -0.39 is 26.6 Å². The first kappa shape index (κ1) is 20.3. The molecule has 0 heterocycles. The highest BCUT2D eigenvalue weighted by atomic mass is 32.2. The van der Waals surface area contributed by atoms with E-state index in [1.165, 1.54) is 12.1 Å². The van der Waals surface area contributed by atoms with Crippen molar-refractivity contribution in [1.82, 2.24) is 9.62 Å². The Morgan fingerprint density at radius 2 is 1.92 bits per heavy atom. The van der Waals surface area contributed by atoms with Crippen molar-refractivity contribution in [3.05, 3.63) is 33.4 Å². The van der Waals surface area contributed by atoms with Crippen LogP contribution >= 0.6 is 0 Å². The van der Waals surface area contributed by atoms with Gasteiger partial charge in [-0.2, -0.15) is 0 Å². The van der Waals surface area contributed by atoms with Gasteiger partial charge in [0.05, 0.1) is 11.5 Å². The highest BCUT2D eigenvalue weighted by molar-refractivity contribution is 7.89. The number of hydrogen-bond acceptors (Lipinski definition) is 6. The van der Waals surface area contributed by atoms with Crippen molar-refractivity contribution in [1.29, 1.82) is 0 Å². The number of nitrogens with one attached hydrogen (secondary N) is 1. The first-order chi connectivity index (χ1) is 12.0. The van der Waals surface area contributed by atoms with Gasteiger partial charge < -0.3 is 5.11 Å². The number of benzene rings is 1. The zero-order valence-electron chi connectivity index (χ0n) is 14.9. The minimum absolute atomic E-state index is 0.0152. The van der Waals surface area contributed by atoms with E-state index in [2.05, 4.69) is 4.72 Å². The second-order valence-electron chi connectivity index (χ2n) is 6.56. The number of sulfonamides is 1. The van der Waals surface area contributed by atoms with Gasteiger partial charge in [-0.15, -0.1) is 0 Å². The van der Waals surface area contributed by atoms with Gasteiger partial charge in [-0.05, 0) is 50.4 Å². The molecule has 1 aliphatic rings. The molecule has 2 rings (SSSR count). The molecule has 1 saturated carbocycles. The number of rotatable bonds is 8. The van der Waals surface area contributed by atoms with Crippen molar-refractivity contribution in [2.24, 2.45) is 0 Å². The minimum atomic E-state index is -4.04. The van der Waals surface area contributed by atoms with Crippen molar-refractivity contribution >= 4 is 21.7 Å². The van der Waals surface area contributed by atoms with Crippen LogP contribution in [0.2, 0.25) is 0 Å². The zero-order valence-corrected chi connectivity index (χ0v) is 15.7. The quantitative estimate of drug-likeness (QED) is 0.511. The molecule has 0 spiro atoms. The summed E-state index contributed by atoms with van der Waals surface area (Å²) in [5, 5.41) is 20.1. The van der Waals surface area contributed by atoms with Crippen molar-refractivity contribution < 1.29 is 23.2 Å². The van der Waals surface area contributed by atoms with Crippen LogP contribution in [0.5, 0.6) is 0 Å². The number of aryl methyl sites for hydroxylation is 2. The highest BCUT2D eigenvalue weighted by Crippen LogP contribution is 2.31. The lowest BCUT2D eigenvalue weighted by atomic mass is 9.86. The maximum absolute atomic E-state index is 12.6. The van der Waals surface area contributed by atoms with E-state index in [0.717, 1.165) is 0 Å². The summed E-state index contributed by atoms with van der Waals surface area (Å²) in [7, 11) is -4.04. The van der Waals surface area contributed by atoms with E-state index >= 15 is 0 Å². The summed E-state index contributed by atoms with van der Waals surface area (Å²) >= 11 is 0. The maximum atomic E-state index is 12.6. The molecule has 0 aliphatic heterocycles. The summed E-state index contributed by atoms with van der Waals surface area (Å²) in [6.45, 7) is 5.69. The molecule has 0 amide bonds. The Balaban J connectivity index is 2.13. The van der Waals surface area contributed by atoms with Crippen molar-refractivity contribution in [3.63, 3.8) is 0 Å². The summed E-state index contributed by atoms with van der Waals surface area (Å²) in [4.78, 5) is 22.8. The van der Waals surface area contributed by atoms with Gasteiger partial charge in [0.1, 0.15) is 0 Å². The third kappa shape index (κ3) is 4.37. The SMILES string of the molecule is CCN(CC(=O)O)C1CC(NS(=O)(=O)c2cc(C)c(C)cc2[N+](=O)[O-])C1. The maximum Gasteiger partial charge on any atom is 0.317 e. The fraction of sp³-hybridized carbons (Fsp3) is 0.562. The minimum Gasteiger partial charge on any atom is -0.480 e. The molecule has 0 aromatic heterocycles. The molecule has 2 N–H and O–H groups in total. The van der Waals surface area contributed by atoms with E-state index in [-0.39, 0.29) is 23.5 Å². The predicted octanol–water partition coefficient (Wildman–Crippen LogP) is 1.43.